The number of rotatable bonds is 6. The van der Waals surface area contributed by atoms with Crippen molar-refractivity contribution in [3.63, 3.8) is 0 Å². The first-order valence-corrected chi connectivity index (χ1v) is 6.86. The average Bonchev–Trinajstić information content (AvgIpc) is 2.49. The number of nitrogens with zero attached hydrogens (tertiary/aromatic N) is 1. The lowest BCUT2D eigenvalue weighted by atomic mass is 10.0. The molecule has 2 rings (SSSR count). The first-order chi connectivity index (χ1) is 9.74. The van der Waals surface area contributed by atoms with Gasteiger partial charge in [0.15, 0.2) is 0 Å². The molecule has 0 aliphatic heterocycles. The van der Waals surface area contributed by atoms with E-state index in [4.69, 9.17) is 10.6 Å². The van der Waals surface area contributed by atoms with E-state index in [0.29, 0.717) is 0 Å². The van der Waals surface area contributed by atoms with Gasteiger partial charge in [-0.15, -0.1) is 0 Å². The predicted octanol–water partition coefficient (Wildman–Crippen LogP) is 2.73. The Balaban J connectivity index is 2.17. The van der Waals surface area contributed by atoms with Crippen LogP contribution >= 0.6 is 0 Å². The van der Waals surface area contributed by atoms with Gasteiger partial charge in [-0.2, -0.15) is 0 Å². The monoisotopic (exact) mass is 271 g/mol. The Labute approximate surface area is 120 Å². The van der Waals surface area contributed by atoms with Crippen molar-refractivity contribution in [2.45, 2.75) is 26.3 Å². The number of benzene rings is 1. The summed E-state index contributed by atoms with van der Waals surface area (Å²) in [4.78, 5) is 4.31. The molecule has 4 heteroatoms. The summed E-state index contributed by atoms with van der Waals surface area (Å²) in [6, 6.07) is 11.9. The number of nitrogens with one attached hydrogen (secondary N) is 1. The summed E-state index contributed by atoms with van der Waals surface area (Å²) in [6.45, 7) is 4.79. The van der Waals surface area contributed by atoms with Crippen LogP contribution in [0.25, 0.3) is 0 Å². The predicted molar refractivity (Wildman–Crippen MR) is 80.4 cm³/mol. The maximum Gasteiger partial charge on any atom is 0.119 e. The van der Waals surface area contributed by atoms with Crippen molar-refractivity contribution in [2.75, 3.05) is 6.61 Å². The van der Waals surface area contributed by atoms with Crippen LogP contribution in [0, 0.1) is 6.92 Å². The highest BCUT2D eigenvalue weighted by Gasteiger charge is 2.12. The van der Waals surface area contributed by atoms with Crippen molar-refractivity contribution in [1.29, 1.82) is 0 Å². The smallest absolute Gasteiger partial charge is 0.119 e. The number of aryl methyl sites for hydroxylation is 1. The molecule has 2 aromatic rings. The van der Waals surface area contributed by atoms with Crippen LogP contribution in [-0.4, -0.2) is 11.6 Å². The zero-order valence-electron chi connectivity index (χ0n) is 12.0. The molecule has 0 spiro atoms. The third-order valence-electron chi connectivity index (χ3n) is 3.12. The standard InChI is InChI=1S/C16H21N3O/c1-3-10-20-15-8-6-13(7-9-15)16(19-17)14-5-4-12(2)18-11-14/h4-9,11,16,19H,3,10,17H2,1-2H3. The number of pyridine rings is 1. The Kier molecular flexibility index (Phi) is 5.09. The second kappa shape index (κ2) is 7.03. The van der Waals surface area contributed by atoms with Gasteiger partial charge in [0.2, 0.25) is 0 Å². The fourth-order valence-corrected chi connectivity index (χ4v) is 2.01. The Bertz CT molecular complexity index is 522. The highest BCUT2D eigenvalue weighted by Crippen LogP contribution is 2.23. The fraction of sp³-hybridized carbons (Fsp3) is 0.312. The third kappa shape index (κ3) is 3.56. The lowest BCUT2D eigenvalue weighted by Gasteiger charge is -2.17. The van der Waals surface area contributed by atoms with Gasteiger partial charge in [-0.3, -0.25) is 10.8 Å². The van der Waals surface area contributed by atoms with Crippen LogP contribution in [0.2, 0.25) is 0 Å². The van der Waals surface area contributed by atoms with Crippen molar-refractivity contribution < 1.29 is 4.74 Å². The quantitative estimate of drug-likeness (QED) is 0.626. The van der Waals surface area contributed by atoms with E-state index in [1.54, 1.807) is 0 Å². The Morgan fingerprint density at radius 2 is 1.85 bits per heavy atom. The first kappa shape index (κ1) is 14.5. The first-order valence-electron chi connectivity index (χ1n) is 6.86. The van der Waals surface area contributed by atoms with E-state index in [-0.39, 0.29) is 6.04 Å². The van der Waals surface area contributed by atoms with Gasteiger partial charge in [0, 0.05) is 11.9 Å². The second-order valence-electron chi connectivity index (χ2n) is 4.75. The molecule has 20 heavy (non-hydrogen) atoms. The van der Waals surface area contributed by atoms with E-state index in [1.165, 1.54) is 0 Å². The van der Waals surface area contributed by atoms with Gasteiger partial charge < -0.3 is 4.74 Å². The number of hydrogen-bond acceptors (Lipinski definition) is 4. The van der Waals surface area contributed by atoms with Crippen LogP contribution in [-0.2, 0) is 0 Å². The van der Waals surface area contributed by atoms with Crippen LogP contribution in [0.3, 0.4) is 0 Å². The van der Waals surface area contributed by atoms with Gasteiger partial charge >= 0.3 is 0 Å². The van der Waals surface area contributed by atoms with Crippen LogP contribution in [0.4, 0.5) is 0 Å². The number of aromatic nitrogens is 1. The summed E-state index contributed by atoms with van der Waals surface area (Å²) < 4.78 is 5.58. The maximum atomic E-state index is 5.68. The molecular weight excluding hydrogens is 250 g/mol. The molecule has 3 N–H and O–H groups in total. The molecule has 0 radical (unpaired) electrons. The lowest BCUT2D eigenvalue weighted by Crippen LogP contribution is -2.28. The van der Waals surface area contributed by atoms with Crippen LogP contribution in [0.1, 0.15) is 36.2 Å². The summed E-state index contributed by atoms with van der Waals surface area (Å²) >= 11 is 0. The van der Waals surface area contributed by atoms with Gasteiger partial charge in [-0.1, -0.05) is 25.1 Å². The van der Waals surface area contributed by atoms with Gasteiger partial charge in [-0.25, -0.2) is 5.43 Å². The molecule has 106 valence electrons. The molecule has 1 heterocycles. The molecular formula is C16H21N3O. The molecule has 0 saturated carbocycles. The number of hydrazine groups is 1. The van der Waals surface area contributed by atoms with Crippen molar-refractivity contribution in [2.24, 2.45) is 5.84 Å². The highest BCUT2D eigenvalue weighted by atomic mass is 16.5. The minimum Gasteiger partial charge on any atom is -0.494 e. The van der Waals surface area contributed by atoms with Gasteiger partial charge in [0.1, 0.15) is 5.75 Å². The summed E-state index contributed by atoms with van der Waals surface area (Å²) in [5.74, 6) is 6.57. The largest absolute Gasteiger partial charge is 0.494 e. The molecule has 4 nitrogen and oxygen atoms in total. The molecule has 1 unspecified atom stereocenters. The normalized spacial score (nSPS) is 12.2. The maximum absolute atomic E-state index is 5.68. The average molecular weight is 271 g/mol. The zero-order chi connectivity index (χ0) is 14.4. The topological polar surface area (TPSA) is 60.2 Å². The summed E-state index contributed by atoms with van der Waals surface area (Å²) in [7, 11) is 0. The van der Waals surface area contributed by atoms with Crippen molar-refractivity contribution in [1.82, 2.24) is 10.4 Å². The van der Waals surface area contributed by atoms with Crippen molar-refractivity contribution >= 4 is 0 Å². The van der Waals surface area contributed by atoms with E-state index in [0.717, 1.165) is 35.6 Å². The van der Waals surface area contributed by atoms with E-state index < -0.39 is 0 Å². The van der Waals surface area contributed by atoms with Crippen LogP contribution in [0.5, 0.6) is 5.75 Å². The van der Waals surface area contributed by atoms with Crippen molar-refractivity contribution in [3.05, 3.63) is 59.4 Å². The van der Waals surface area contributed by atoms with Gasteiger partial charge in [0.05, 0.1) is 12.6 Å². The Hall–Kier alpha value is -1.91. The second-order valence-corrected chi connectivity index (χ2v) is 4.75. The van der Waals surface area contributed by atoms with E-state index >= 15 is 0 Å². The molecule has 1 atom stereocenters. The van der Waals surface area contributed by atoms with Crippen LogP contribution < -0.4 is 16.0 Å². The molecule has 0 bridgehead atoms. The van der Waals surface area contributed by atoms with E-state index in [9.17, 15) is 0 Å². The Morgan fingerprint density at radius 1 is 1.15 bits per heavy atom. The number of ether oxygens (including phenoxy) is 1. The molecule has 1 aromatic heterocycles. The fourth-order valence-electron chi connectivity index (χ4n) is 2.01. The SMILES string of the molecule is CCCOc1ccc(C(NN)c2ccc(C)nc2)cc1. The Morgan fingerprint density at radius 3 is 2.40 bits per heavy atom. The van der Waals surface area contributed by atoms with Crippen LogP contribution in [0.15, 0.2) is 42.6 Å². The summed E-state index contributed by atoms with van der Waals surface area (Å²) in [5, 5.41) is 0. The highest BCUT2D eigenvalue weighted by molar-refractivity contribution is 5.34. The third-order valence-corrected chi connectivity index (χ3v) is 3.12. The van der Waals surface area contributed by atoms with Crippen molar-refractivity contribution in [3.8, 4) is 5.75 Å². The lowest BCUT2D eigenvalue weighted by molar-refractivity contribution is 0.317. The minimum absolute atomic E-state index is 0.0664. The summed E-state index contributed by atoms with van der Waals surface area (Å²) in [5.41, 5.74) is 5.96. The van der Waals surface area contributed by atoms with Gasteiger partial charge in [-0.05, 0) is 42.7 Å². The van der Waals surface area contributed by atoms with E-state index in [1.807, 2.05) is 49.5 Å². The van der Waals surface area contributed by atoms with Gasteiger partial charge in [0.25, 0.3) is 0 Å². The number of nitrogens with two attached hydrogens (primary N) is 1. The molecule has 0 aliphatic rings. The minimum atomic E-state index is -0.0664. The number of hydrogen-bond donors (Lipinski definition) is 2. The molecule has 0 aliphatic carbocycles. The molecule has 0 fully saturated rings. The molecule has 0 amide bonds. The summed E-state index contributed by atoms with van der Waals surface area (Å²) in [6.07, 6.45) is 2.85. The van der Waals surface area contributed by atoms with E-state index in [2.05, 4.69) is 17.3 Å². The molecule has 0 saturated heterocycles. The zero-order valence-corrected chi connectivity index (χ0v) is 12.0. The molecule has 1 aromatic carbocycles.